The summed E-state index contributed by atoms with van der Waals surface area (Å²) < 4.78 is 57.0. The van der Waals surface area contributed by atoms with E-state index in [1.54, 1.807) is 25.7 Å². The topological polar surface area (TPSA) is 183 Å². The zero-order valence-electron chi connectivity index (χ0n) is 26.6. The SMILES string of the molecule is CCO[PH]1(CNCC(=O)NCC(CNC(=O)CN(C[PH]2(OCC)OC(C)O2)C[PH]2(OCC)OC(C)O2)C(=O)OC)OC(C)O1. The van der Waals surface area contributed by atoms with Crippen LogP contribution in [0.5, 0.6) is 0 Å². The van der Waals surface area contributed by atoms with Gasteiger partial charge in [-0.05, 0) is 0 Å². The molecular formula is C24H51N4O13P3. The Kier molecular flexibility index (Phi) is 14.9. The van der Waals surface area contributed by atoms with Crippen LogP contribution in [-0.4, -0.2) is 114 Å². The van der Waals surface area contributed by atoms with Crippen molar-refractivity contribution in [1.82, 2.24) is 20.9 Å². The summed E-state index contributed by atoms with van der Waals surface area (Å²) in [6.07, 6.45) is -0.432. The first-order valence-corrected chi connectivity index (χ1v) is 20.7. The second kappa shape index (κ2) is 17.4. The Bertz CT molecular complexity index is 906. The van der Waals surface area contributed by atoms with Gasteiger partial charge in [-0.1, -0.05) is 0 Å². The van der Waals surface area contributed by atoms with Crippen molar-refractivity contribution in [2.75, 3.05) is 72.0 Å². The fourth-order valence-corrected chi connectivity index (χ4v) is 12.8. The van der Waals surface area contributed by atoms with Crippen molar-refractivity contribution in [1.29, 1.82) is 0 Å². The maximum atomic E-state index is 13.1. The molecule has 0 aromatic rings. The fourth-order valence-electron chi connectivity index (χ4n) is 5.03. The van der Waals surface area contributed by atoms with Gasteiger partial charge in [0.25, 0.3) is 0 Å². The van der Waals surface area contributed by atoms with Gasteiger partial charge < -0.3 is 0 Å². The normalized spacial score (nSPS) is 27.4. The zero-order chi connectivity index (χ0) is 32.4. The summed E-state index contributed by atoms with van der Waals surface area (Å²) in [6, 6.07) is 0. The van der Waals surface area contributed by atoms with E-state index in [1.807, 2.05) is 20.8 Å². The first-order chi connectivity index (χ1) is 20.9. The minimum atomic E-state index is -3.04. The molecule has 260 valence electrons. The summed E-state index contributed by atoms with van der Waals surface area (Å²) in [7, 11) is -7.61. The van der Waals surface area contributed by atoms with Gasteiger partial charge in [-0.2, -0.15) is 0 Å². The Labute approximate surface area is 260 Å². The summed E-state index contributed by atoms with van der Waals surface area (Å²) in [4.78, 5) is 39.8. The van der Waals surface area contributed by atoms with Crippen molar-refractivity contribution in [2.24, 2.45) is 5.92 Å². The number of hydrogen-bond acceptors (Lipinski definition) is 15. The molecule has 0 aliphatic carbocycles. The Morgan fingerprint density at radius 1 is 0.727 bits per heavy atom. The van der Waals surface area contributed by atoms with Gasteiger partial charge in [0.2, 0.25) is 0 Å². The molecule has 20 heteroatoms. The second-order valence-electron chi connectivity index (χ2n) is 10.3. The van der Waals surface area contributed by atoms with Crippen molar-refractivity contribution in [3.8, 4) is 0 Å². The molecule has 0 aromatic carbocycles. The van der Waals surface area contributed by atoms with Crippen molar-refractivity contribution in [3.63, 3.8) is 0 Å². The number of carbonyl (C=O) groups is 3. The van der Waals surface area contributed by atoms with E-state index in [0.717, 1.165) is 0 Å². The van der Waals surface area contributed by atoms with Gasteiger partial charge in [-0.3, -0.25) is 0 Å². The van der Waals surface area contributed by atoms with E-state index in [1.165, 1.54) is 7.11 Å². The number of amides is 2. The van der Waals surface area contributed by atoms with E-state index >= 15 is 0 Å². The number of nitrogens with one attached hydrogen (secondary N) is 3. The Balaban J connectivity index is 1.52. The first kappa shape index (κ1) is 37.7. The molecule has 3 fully saturated rings. The molecule has 2 amide bonds. The van der Waals surface area contributed by atoms with Gasteiger partial charge in [-0.15, -0.1) is 0 Å². The fraction of sp³-hybridized carbons (Fsp3) is 0.875. The van der Waals surface area contributed by atoms with E-state index in [4.69, 9.17) is 45.5 Å². The molecule has 3 aliphatic rings. The third-order valence-electron chi connectivity index (χ3n) is 6.62. The second-order valence-corrected chi connectivity index (χ2v) is 17.7. The monoisotopic (exact) mass is 696 g/mol. The van der Waals surface area contributed by atoms with Gasteiger partial charge in [0, 0.05) is 0 Å². The van der Waals surface area contributed by atoms with Crippen LogP contribution >= 0.6 is 23.8 Å². The molecule has 0 spiro atoms. The molecule has 3 heterocycles. The Morgan fingerprint density at radius 2 is 1.16 bits per heavy atom. The van der Waals surface area contributed by atoms with Gasteiger partial charge >= 0.3 is 261 Å². The number of hydrogen-bond donors (Lipinski definition) is 3. The van der Waals surface area contributed by atoms with E-state index in [9.17, 15) is 14.4 Å². The van der Waals surface area contributed by atoms with Crippen LogP contribution in [0.2, 0.25) is 0 Å². The summed E-state index contributed by atoms with van der Waals surface area (Å²) >= 11 is 0. The standard InChI is InChI=1S/C24H51N4O13P3/c1-8-33-42(36-18(4)37-42)15-25-13-22(29)26-11-21(24(31)32-7)12-27-23(30)14-28(16-43(34-9-2)38-19(5)39-43)17-44(35-10-3)40-20(6)41-44/h18-21,25,42-44H,8-17H2,1-7H3,(H,26,29)(H,27,30). The van der Waals surface area contributed by atoms with Gasteiger partial charge in [0.1, 0.15) is 0 Å². The molecule has 1 atom stereocenters. The Morgan fingerprint density at radius 3 is 1.59 bits per heavy atom. The molecule has 3 saturated heterocycles. The molecule has 3 rings (SSSR count). The average Bonchev–Trinajstić information content (AvgIpc) is 2.90. The predicted molar refractivity (Wildman–Crippen MR) is 166 cm³/mol. The number of carbonyl (C=O) groups excluding carboxylic acids is 3. The van der Waals surface area contributed by atoms with Crippen molar-refractivity contribution in [2.45, 2.75) is 60.4 Å². The van der Waals surface area contributed by atoms with Crippen LogP contribution in [0.25, 0.3) is 0 Å². The molecule has 3 N–H and O–H groups in total. The molecule has 0 radical (unpaired) electrons. The summed E-state index contributed by atoms with van der Waals surface area (Å²) in [5.41, 5.74) is 0. The molecule has 3 aliphatic heterocycles. The van der Waals surface area contributed by atoms with Gasteiger partial charge in [0.15, 0.2) is 0 Å². The third-order valence-corrected chi connectivity index (χ3v) is 15.3. The van der Waals surface area contributed by atoms with Gasteiger partial charge in [-0.25, -0.2) is 0 Å². The zero-order valence-corrected chi connectivity index (χ0v) is 29.6. The van der Waals surface area contributed by atoms with E-state index < -0.39 is 48.3 Å². The van der Waals surface area contributed by atoms with Crippen molar-refractivity contribution >= 4 is 41.6 Å². The molecule has 17 nitrogen and oxygen atoms in total. The van der Waals surface area contributed by atoms with Crippen LogP contribution in [-0.2, 0) is 59.8 Å². The van der Waals surface area contributed by atoms with E-state index in [0.29, 0.717) is 19.8 Å². The molecule has 0 bridgehead atoms. The summed E-state index contributed by atoms with van der Waals surface area (Å²) in [5.74, 6) is -2.14. The van der Waals surface area contributed by atoms with Crippen molar-refractivity contribution < 1.29 is 59.8 Å². The van der Waals surface area contributed by atoms with Crippen LogP contribution in [0.3, 0.4) is 0 Å². The predicted octanol–water partition coefficient (Wildman–Crippen LogP) is 1.54. The third kappa shape index (κ3) is 10.9. The summed E-state index contributed by atoms with van der Waals surface area (Å²) in [6.45, 7) is 11.8. The number of rotatable bonds is 21. The maximum absolute atomic E-state index is 13.1. The van der Waals surface area contributed by atoms with Crippen LogP contribution in [0, 0.1) is 5.92 Å². The molecule has 1 unspecified atom stereocenters. The van der Waals surface area contributed by atoms with Gasteiger partial charge in [0.05, 0.1) is 0 Å². The molecule has 0 saturated carbocycles. The number of esters is 1. The summed E-state index contributed by atoms with van der Waals surface area (Å²) in [5, 5.41) is 8.44. The van der Waals surface area contributed by atoms with Crippen LogP contribution in [0.1, 0.15) is 41.5 Å². The van der Waals surface area contributed by atoms with Crippen LogP contribution in [0.4, 0.5) is 0 Å². The Hall–Kier alpha value is -0.740. The first-order valence-electron chi connectivity index (χ1n) is 14.9. The molecule has 0 aromatic heterocycles. The van der Waals surface area contributed by atoms with E-state index in [2.05, 4.69) is 16.0 Å². The average molecular weight is 697 g/mol. The molecular weight excluding hydrogens is 645 g/mol. The van der Waals surface area contributed by atoms with Crippen molar-refractivity contribution in [3.05, 3.63) is 0 Å². The minimum absolute atomic E-state index is 0.0411. The van der Waals surface area contributed by atoms with Crippen LogP contribution < -0.4 is 16.0 Å². The quantitative estimate of drug-likeness (QED) is 0.116. The van der Waals surface area contributed by atoms with E-state index in [-0.39, 0.29) is 63.1 Å². The number of ether oxygens (including phenoxy) is 1. The van der Waals surface area contributed by atoms with Crippen LogP contribution in [0.15, 0.2) is 0 Å². The number of methoxy groups -OCH3 is 1. The molecule has 44 heavy (non-hydrogen) atoms. The number of nitrogens with zero attached hydrogens (tertiary/aromatic N) is 1.